The number of H-pyrrole nitrogens is 1. The first-order valence-corrected chi connectivity index (χ1v) is 16.3. The average Bonchev–Trinajstić information content (AvgIpc) is 3.43. The van der Waals surface area contributed by atoms with Crippen LogP contribution in [0.5, 0.6) is 11.5 Å². The van der Waals surface area contributed by atoms with Crippen molar-refractivity contribution in [3.63, 3.8) is 0 Å². The van der Waals surface area contributed by atoms with Crippen LogP contribution in [0, 0.1) is 6.92 Å². The predicted molar refractivity (Wildman–Crippen MR) is 173 cm³/mol. The Bertz CT molecular complexity index is 1690. The van der Waals surface area contributed by atoms with E-state index >= 15 is 0 Å². The maximum Gasteiger partial charge on any atom is 0.416 e. The second-order valence-electron chi connectivity index (χ2n) is 12.6. The summed E-state index contributed by atoms with van der Waals surface area (Å²) in [6, 6.07) is 14.3. The highest BCUT2D eigenvalue weighted by atomic mass is 19.4. The summed E-state index contributed by atoms with van der Waals surface area (Å²) < 4.78 is 49.0. The lowest BCUT2D eigenvalue weighted by Gasteiger charge is -2.35. The van der Waals surface area contributed by atoms with Gasteiger partial charge in [-0.1, -0.05) is 38.5 Å². The molecule has 0 radical (unpaired) electrons. The third-order valence-corrected chi connectivity index (χ3v) is 9.34. The molecule has 244 valence electrons. The van der Waals surface area contributed by atoms with Gasteiger partial charge >= 0.3 is 6.18 Å². The highest BCUT2D eigenvalue weighted by Crippen LogP contribution is 2.37. The fourth-order valence-corrected chi connectivity index (χ4v) is 6.88. The van der Waals surface area contributed by atoms with E-state index in [2.05, 4.69) is 39.7 Å². The fraction of sp³-hybridized carbons (Fsp3) is 0.444. The number of piperazine rings is 1. The molecule has 0 bridgehead atoms. The summed E-state index contributed by atoms with van der Waals surface area (Å²) in [5.41, 5.74) is 3.94. The van der Waals surface area contributed by atoms with E-state index in [1.807, 2.05) is 31.2 Å². The van der Waals surface area contributed by atoms with E-state index < -0.39 is 11.7 Å². The first kappa shape index (κ1) is 32.1. The number of benzene rings is 2. The van der Waals surface area contributed by atoms with E-state index in [1.165, 1.54) is 11.6 Å². The van der Waals surface area contributed by atoms with Crippen LogP contribution in [0.1, 0.15) is 66.1 Å². The van der Waals surface area contributed by atoms with E-state index in [0.717, 1.165) is 67.9 Å². The molecule has 0 aliphatic carbocycles. The molecule has 2 aliphatic heterocycles. The third kappa shape index (κ3) is 7.08. The molecular weight excluding hydrogens is 591 g/mol. The third-order valence-electron chi connectivity index (χ3n) is 9.34. The Morgan fingerprint density at radius 1 is 1.02 bits per heavy atom. The van der Waals surface area contributed by atoms with Crippen LogP contribution in [0.2, 0.25) is 0 Å². The number of hydrogen-bond acceptors (Lipinski definition) is 5. The molecule has 1 amide bonds. The number of carbonyl (C=O) groups excluding carboxylic acids is 1. The van der Waals surface area contributed by atoms with Gasteiger partial charge < -0.3 is 19.5 Å². The zero-order valence-electron chi connectivity index (χ0n) is 26.8. The standard InChI is InChI=1S/C36H42F3N5O2/c1-4-6-26-22-44(23-28-20-29(9-10-30(26)28)46-33-11-12-40-35-31(33)17-24(3)41-35)34(45)19-25-7-8-27(32(18-25)36(37,38)39)21-43-15-13-42(5-2)14-16-43/h7-12,17-18,20,26H,4-6,13-16,19,21-23H2,1-3H3,(H,40,41). The van der Waals surface area contributed by atoms with Crippen LogP contribution in [-0.2, 0) is 30.5 Å². The van der Waals surface area contributed by atoms with E-state index in [9.17, 15) is 18.0 Å². The molecule has 7 nitrogen and oxygen atoms in total. The van der Waals surface area contributed by atoms with Crippen molar-refractivity contribution in [2.45, 2.75) is 65.2 Å². The number of fused-ring (bicyclic) bond motifs is 2. The van der Waals surface area contributed by atoms with Crippen LogP contribution in [0.3, 0.4) is 0 Å². The number of aromatic nitrogens is 2. The number of pyridine rings is 1. The molecule has 2 aromatic carbocycles. The Morgan fingerprint density at radius 3 is 2.54 bits per heavy atom. The molecule has 4 heterocycles. The molecule has 1 saturated heterocycles. The lowest BCUT2D eigenvalue weighted by molar-refractivity contribution is -0.138. The number of aromatic amines is 1. The van der Waals surface area contributed by atoms with E-state index in [0.29, 0.717) is 30.2 Å². The summed E-state index contributed by atoms with van der Waals surface area (Å²) >= 11 is 0. The van der Waals surface area contributed by atoms with Gasteiger partial charge in [0, 0.05) is 63.6 Å². The van der Waals surface area contributed by atoms with Gasteiger partial charge in [0.1, 0.15) is 17.1 Å². The Morgan fingerprint density at radius 2 is 1.80 bits per heavy atom. The number of ether oxygens (including phenoxy) is 1. The molecule has 4 aromatic rings. The monoisotopic (exact) mass is 633 g/mol. The summed E-state index contributed by atoms with van der Waals surface area (Å²) in [5.74, 6) is 1.33. The van der Waals surface area contributed by atoms with Crippen molar-refractivity contribution < 1.29 is 22.7 Å². The van der Waals surface area contributed by atoms with Crippen LogP contribution in [-0.4, -0.2) is 69.8 Å². The number of halogens is 3. The molecule has 1 unspecified atom stereocenters. The molecule has 0 spiro atoms. The second kappa shape index (κ2) is 13.5. The van der Waals surface area contributed by atoms with Gasteiger partial charge in [-0.05, 0) is 72.5 Å². The number of hydrogen-bond donors (Lipinski definition) is 1. The number of amides is 1. The van der Waals surface area contributed by atoms with E-state index in [4.69, 9.17) is 4.74 Å². The zero-order valence-corrected chi connectivity index (χ0v) is 26.8. The summed E-state index contributed by atoms with van der Waals surface area (Å²) in [6.07, 6.45) is -1.01. The molecule has 46 heavy (non-hydrogen) atoms. The Hall–Kier alpha value is -3.89. The highest BCUT2D eigenvalue weighted by Gasteiger charge is 2.35. The zero-order chi connectivity index (χ0) is 32.4. The van der Waals surface area contributed by atoms with Crippen molar-refractivity contribution in [1.82, 2.24) is 24.7 Å². The number of carbonyl (C=O) groups is 1. The SMILES string of the molecule is CCCC1CN(C(=O)Cc2ccc(CN3CCN(CC)CC3)c(C(F)(F)F)c2)Cc2cc(Oc3ccnc4[nH]c(C)cc34)ccc21. The molecule has 6 rings (SSSR count). The Kier molecular flexibility index (Phi) is 9.38. The molecule has 1 atom stereocenters. The van der Waals surface area contributed by atoms with Crippen LogP contribution < -0.4 is 4.74 Å². The largest absolute Gasteiger partial charge is 0.457 e. The van der Waals surface area contributed by atoms with Crippen LogP contribution in [0.25, 0.3) is 11.0 Å². The number of aryl methyl sites for hydroxylation is 1. The van der Waals surface area contributed by atoms with Crippen LogP contribution in [0.15, 0.2) is 54.7 Å². The second-order valence-corrected chi connectivity index (χ2v) is 12.6. The van der Waals surface area contributed by atoms with Crippen molar-refractivity contribution in [1.29, 1.82) is 0 Å². The maximum atomic E-state index is 14.2. The van der Waals surface area contributed by atoms with E-state index in [-0.39, 0.29) is 30.4 Å². The van der Waals surface area contributed by atoms with Crippen molar-refractivity contribution in [3.8, 4) is 11.5 Å². The maximum absolute atomic E-state index is 14.2. The average molecular weight is 634 g/mol. The van der Waals surface area contributed by atoms with Crippen molar-refractivity contribution in [2.24, 2.45) is 0 Å². The topological polar surface area (TPSA) is 64.7 Å². The van der Waals surface area contributed by atoms with Crippen molar-refractivity contribution >= 4 is 16.9 Å². The predicted octanol–water partition coefficient (Wildman–Crippen LogP) is 7.29. The van der Waals surface area contributed by atoms with Crippen LogP contribution in [0.4, 0.5) is 13.2 Å². The van der Waals surface area contributed by atoms with Gasteiger partial charge in [-0.15, -0.1) is 0 Å². The number of likely N-dealkylation sites (N-methyl/N-ethyl adjacent to an activating group) is 1. The number of alkyl halides is 3. The minimum Gasteiger partial charge on any atom is -0.457 e. The molecule has 0 saturated carbocycles. The Balaban J connectivity index is 1.19. The molecular formula is C36H42F3N5O2. The Labute approximate surface area is 268 Å². The van der Waals surface area contributed by atoms with Gasteiger partial charge in [0.15, 0.2) is 0 Å². The summed E-state index contributed by atoms with van der Waals surface area (Å²) in [7, 11) is 0. The smallest absolute Gasteiger partial charge is 0.416 e. The number of nitrogens with one attached hydrogen (secondary N) is 1. The summed E-state index contributed by atoms with van der Waals surface area (Å²) in [5, 5.41) is 0.890. The number of nitrogens with zero attached hydrogens (tertiary/aromatic N) is 4. The lowest BCUT2D eigenvalue weighted by atomic mass is 9.86. The van der Waals surface area contributed by atoms with Gasteiger partial charge in [-0.25, -0.2) is 4.98 Å². The van der Waals surface area contributed by atoms with E-state index in [1.54, 1.807) is 23.2 Å². The normalized spacial score (nSPS) is 17.8. The first-order valence-electron chi connectivity index (χ1n) is 16.3. The van der Waals surface area contributed by atoms with Crippen LogP contribution >= 0.6 is 0 Å². The van der Waals surface area contributed by atoms with Gasteiger partial charge in [0.25, 0.3) is 0 Å². The molecule has 10 heteroatoms. The van der Waals surface area contributed by atoms with Crippen molar-refractivity contribution in [2.75, 3.05) is 39.3 Å². The first-order chi connectivity index (χ1) is 22.1. The fourth-order valence-electron chi connectivity index (χ4n) is 6.88. The van der Waals surface area contributed by atoms with Gasteiger partial charge in [-0.2, -0.15) is 13.2 Å². The molecule has 2 aromatic heterocycles. The quantitative estimate of drug-likeness (QED) is 0.210. The minimum absolute atomic E-state index is 0.0786. The van der Waals surface area contributed by atoms with Gasteiger partial charge in [-0.3, -0.25) is 9.69 Å². The van der Waals surface area contributed by atoms with Crippen molar-refractivity contribution in [3.05, 3.63) is 88.2 Å². The van der Waals surface area contributed by atoms with Gasteiger partial charge in [0.05, 0.1) is 17.4 Å². The van der Waals surface area contributed by atoms with Gasteiger partial charge in [0.2, 0.25) is 5.91 Å². The molecule has 1 N–H and O–H groups in total. The molecule has 2 aliphatic rings. The lowest BCUT2D eigenvalue weighted by Crippen LogP contribution is -2.45. The number of rotatable bonds is 9. The molecule has 1 fully saturated rings. The summed E-state index contributed by atoms with van der Waals surface area (Å²) in [6.45, 7) is 11.5. The highest BCUT2D eigenvalue weighted by molar-refractivity contribution is 5.83. The summed E-state index contributed by atoms with van der Waals surface area (Å²) in [4.78, 5) is 27.4. The minimum atomic E-state index is -4.49.